The monoisotopic (exact) mass is 602 g/mol. The van der Waals surface area contributed by atoms with E-state index in [0.29, 0.717) is 17.8 Å². The van der Waals surface area contributed by atoms with Crippen LogP contribution in [0.5, 0.6) is 0 Å². The molecule has 0 spiro atoms. The summed E-state index contributed by atoms with van der Waals surface area (Å²) < 4.78 is 60.7. The Labute approximate surface area is 232 Å². The van der Waals surface area contributed by atoms with Gasteiger partial charge in [-0.3, -0.25) is 9.79 Å². The Morgan fingerprint density at radius 2 is 1.97 bits per heavy atom. The first-order chi connectivity index (χ1) is 18.5. The summed E-state index contributed by atoms with van der Waals surface area (Å²) >= 11 is 7.35. The van der Waals surface area contributed by atoms with E-state index in [-0.39, 0.29) is 42.1 Å². The molecule has 210 valence electrons. The summed E-state index contributed by atoms with van der Waals surface area (Å²) in [5.74, 6) is -4.69. The Morgan fingerprint density at radius 1 is 1.26 bits per heavy atom. The number of aliphatic imine (C=N–C) groups is 1. The van der Waals surface area contributed by atoms with Crippen LogP contribution < -0.4 is 10.0 Å². The number of hydrogen-bond acceptors (Lipinski definition) is 9. The van der Waals surface area contributed by atoms with Crippen LogP contribution in [0.1, 0.15) is 49.2 Å². The maximum atomic E-state index is 14.4. The normalized spacial score (nSPS) is 21.7. The van der Waals surface area contributed by atoms with Gasteiger partial charge in [-0.25, -0.2) is 31.7 Å². The van der Waals surface area contributed by atoms with Crippen LogP contribution >= 0.6 is 22.9 Å². The van der Waals surface area contributed by atoms with Crippen molar-refractivity contribution in [2.45, 2.75) is 43.9 Å². The Morgan fingerprint density at radius 3 is 2.59 bits per heavy atom. The molecule has 15 heteroatoms. The van der Waals surface area contributed by atoms with Crippen molar-refractivity contribution in [3.63, 3.8) is 0 Å². The highest BCUT2D eigenvalue weighted by Crippen LogP contribution is 2.42. The number of nitrogens with one attached hydrogen (secondary N) is 2. The van der Waals surface area contributed by atoms with Crippen molar-refractivity contribution in [3.8, 4) is 0 Å². The number of hydrogen-bond donors (Lipinski definition) is 3. The fourth-order valence-electron chi connectivity index (χ4n) is 4.70. The largest absolute Gasteiger partial charge is 0.478 e. The lowest BCUT2D eigenvalue weighted by Gasteiger charge is -2.34. The molecular weight excluding hydrogens is 578 g/mol. The number of carbonyl (C=O) groups excluding carboxylic acids is 1. The van der Waals surface area contributed by atoms with Crippen LogP contribution in [0.15, 0.2) is 40.0 Å². The number of ether oxygens (including phenoxy) is 1. The predicted octanol–water partition coefficient (Wildman–Crippen LogP) is 3.55. The fourth-order valence-corrected chi connectivity index (χ4v) is 6.99. The van der Waals surface area contributed by atoms with Crippen LogP contribution in [0.4, 0.5) is 8.78 Å². The van der Waals surface area contributed by atoms with Gasteiger partial charge in [0.2, 0.25) is 10.0 Å². The van der Waals surface area contributed by atoms with Crippen LogP contribution in [-0.4, -0.2) is 54.7 Å². The standard InChI is InChI=1S/C24H25ClF2N4O6S2/c1-2-37-16(32)11-29-39(35,36)13-5-3-12(4-6-13)20-17(24(33)34)21(14-7-8-15(26)19(27)18(14)25)31-22(30-20)23-28-9-10-38-23/h7-10,12-13,21,29H,2-6,11H2,1H3,(H,30,31)(H,33,34). The Balaban J connectivity index is 1.65. The number of carbonyl (C=O) groups is 2. The first-order valence-electron chi connectivity index (χ1n) is 12.0. The van der Waals surface area contributed by atoms with Crippen LogP contribution in [0, 0.1) is 17.6 Å². The molecule has 0 amide bonds. The van der Waals surface area contributed by atoms with Gasteiger partial charge in [0, 0.05) is 22.8 Å². The van der Waals surface area contributed by atoms with Crippen molar-refractivity contribution in [2.24, 2.45) is 10.9 Å². The number of esters is 1. The lowest BCUT2D eigenvalue weighted by Crippen LogP contribution is -2.42. The summed E-state index contributed by atoms with van der Waals surface area (Å²) in [6.07, 6.45) is 2.53. The molecule has 10 nitrogen and oxygen atoms in total. The number of allylic oxidation sites excluding steroid dienone is 1. The number of rotatable bonds is 9. The van der Waals surface area contributed by atoms with Crippen LogP contribution in [-0.2, 0) is 24.3 Å². The second-order valence-electron chi connectivity index (χ2n) is 8.88. The quantitative estimate of drug-likeness (QED) is 0.292. The van der Waals surface area contributed by atoms with E-state index in [4.69, 9.17) is 16.3 Å². The van der Waals surface area contributed by atoms with E-state index in [0.717, 1.165) is 6.07 Å². The second kappa shape index (κ2) is 12.1. The maximum absolute atomic E-state index is 14.4. The van der Waals surface area contributed by atoms with E-state index in [1.54, 1.807) is 18.5 Å². The minimum Gasteiger partial charge on any atom is -0.478 e. The van der Waals surface area contributed by atoms with Crippen LogP contribution in [0.25, 0.3) is 0 Å². The van der Waals surface area contributed by atoms with Crippen molar-refractivity contribution >= 4 is 50.7 Å². The molecule has 2 aromatic rings. The Kier molecular flexibility index (Phi) is 8.99. The van der Waals surface area contributed by atoms with Gasteiger partial charge in [-0.1, -0.05) is 17.7 Å². The molecule has 2 aliphatic rings. The number of benzene rings is 1. The van der Waals surface area contributed by atoms with E-state index in [1.807, 2.05) is 0 Å². The van der Waals surface area contributed by atoms with E-state index >= 15 is 0 Å². The van der Waals surface area contributed by atoms with Crippen LogP contribution in [0.2, 0.25) is 5.02 Å². The van der Waals surface area contributed by atoms with Gasteiger partial charge < -0.3 is 15.2 Å². The smallest absolute Gasteiger partial charge is 0.335 e. The predicted molar refractivity (Wildman–Crippen MR) is 140 cm³/mol. The third-order valence-corrected chi connectivity index (χ3v) is 9.60. The average molecular weight is 603 g/mol. The van der Waals surface area contributed by atoms with Gasteiger partial charge in [0.25, 0.3) is 0 Å². The highest BCUT2D eigenvalue weighted by atomic mass is 35.5. The zero-order chi connectivity index (χ0) is 28.3. The summed E-state index contributed by atoms with van der Waals surface area (Å²) in [7, 11) is -3.83. The average Bonchev–Trinajstić information content (AvgIpc) is 3.45. The van der Waals surface area contributed by atoms with Crippen molar-refractivity contribution in [1.29, 1.82) is 0 Å². The zero-order valence-corrected chi connectivity index (χ0v) is 23.0. The summed E-state index contributed by atoms with van der Waals surface area (Å²) in [5, 5.41) is 14.1. The number of thiazole rings is 1. The van der Waals surface area contributed by atoms with Crippen molar-refractivity contribution < 1.29 is 36.6 Å². The van der Waals surface area contributed by atoms with Gasteiger partial charge in [0.05, 0.1) is 22.5 Å². The molecule has 1 aromatic carbocycles. The molecule has 0 saturated heterocycles. The number of carboxylic acids is 1. The minimum absolute atomic E-state index is 0.0274. The topological polar surface area (TPSA) is 147 Å². The van der Waals surface area contributed by atoms with Crippen LogP contribution in [0.3, 0.4) is 0 Å². The Hall–Kier alpha value is -2.94. The SMILES string of the molecule is CCOC(=O)CNS(=O)(=O)C1CCC(C2=C(C(=O)O)C(c3ccc(F)c(F)c3Cl)N=C(c3nccs3)N2)CC1. The molecule has 1 aliphatic heterocycles. The molecule has 0 radical (unpaired) electrons. The van der Waals surface area contributed by atoms with Gasteiger partial charge in [0.15, 0.2) is 22.5 Å². The second-order valence-corrected chi connectivity index (χ2v) is 12.2. The molecule has 0 bridgehead atoms. The number of sulfonamides is 1. The highest BCUT2D eigenvalue weighted by Gasteiger charge is 2.39. The summed E-state index contributed by atoms with van der Waals surface area (Å²) in [5.41, 5.74) is 0.0549. The zero-order valence-electron chi connectivity index (χ0n) is 20.6. The van der Waals surface area contributed by atoms with Crippen molar-refractivity contribution in [3.05, 3.63) is 62.2 Å². The molecule has 39 heavy (non-hydrogen) atoms. The molecule has 3 N–H and O–H groups in total. The lowest BCUT2D eigenvalue weighted by atomic mass is 9.82. The van der Waals surface area contributed by atoms with Gasteiger partial charge in [-0.2, -0.15) is 0 Å². The van der Waals surface area contributed by atoms with E-state index in [1.165, 1.54) is 17.4 Å². The number of aromatic nitrogens is 1. The first-order valence-corrected chi connectivity index (χ1v) is 14.8. The van der Waals surface area contributed by atoms with Gasteiger partial charge in [0.1, 0.15) is 12.6 Å². The summed E-state index contributed by atoms with van der Waals surface area (Å²) in [6, 6.07) is 0.780. The lowest BCUT2D eigenvalue weighted by molar-refractivity contribution is -0.141. The molecule has 4 rings (SSSR count). The third-order valence-electron chi connectivity index (χ3n) is 6.54. The molecule has 1 aliphatic carbocycles. The van der Waals surface area contributed by atoms with Gasteiger partial charge in [-0.15, -0.1) is 11.3 Å². The molecule has 1 aromatic heterocycles. The fraction of sp³-hybridized carbons (Fsp3) is 0.417. The van der Waals surface area contributed by atoms with Gasteiger partial charge in [-0.05, 0) is 44.6 Å². The molecular formula is C24H25ClF2N4O6S2. The molecule has 1 saturated carbocycles. The summed E-state index contributed by atoms with van der Waals surface area (Å²) in [6.45, 7) is 1.27. The Bertz CT molecular complexity index is 1420. The van der Waals surface area contributed by atoms with E-state index in [9.17, 15) is 31.9 Å². The number of amidine groups is 1. The minimum atomic E-state index is -3.83. The molecule has 1 unspecified atom stereocenters. The molecule has 1 fully saturated rings. The third kappa shape index (κ3) is 6.29. The molecule has 2 heterocycles. The van der Waals surface area contributed by atoms with E-state index < -0.39 is 62.4 Å². The van der Waals surface area contributed by atoms with Crippen molar-refractivity contribution in [1.82, 2.24) is 15.0 Å². The first kappa shape index (κ1) is 29.1. The van der Waals surface area contributed by atoms with E-state index in [2.05, 4.69) is 20.0 Å². The number of halogens is 3. The summed E-state index contributed by atoms with van der Waals surface area (Å²) in [4.78, 5) is 32.8. The van der Waals surface area contributed by atoms with Crippen molar-refractivity contribution in [2.75, 3.05) is 13.2 Å². The highest BCUT2D eigenvalue weighted by molar-refractivity contribution is 7.90. The number of nitrogens with zero attached hydrogens (tertiary/aromatic N) is 2. The maximum Gasteiger partial charge on any atom is 0.335 e. The molecule has 1 atom stereocenters. The van der Waals surface area contributed by atoms with Gasteiger partial charge >= 0.3 is 11.9 Å². The number of aliphatic carboxylic acids is 1. The number of carboxylic acid groups (broad SMARTS) is 1.